The first-order chi connectivity index (χ1) is 11.9. The topological polar surface area (TPSA) is 56.8 Å². The van der Waals surface area contributed by atoms with Crippen LogP contribution in [0.25, 0.3) is 0 Å². The van der Waals surface area contributed by atoms with Crippen molar-refractivity contribution in [2.45, 2.75) is 46.1 Å². The molecule has 1 saturated carbocycles. The van der Waals surface area contributed by atoms with Crippen molar-refractivity contribution in [3.63, 3.8) is 0 Å². The summed E-state index contributed by atoms with van der Waals surface area (Å²) in [6.45, 7) is 6.73. The van der Waals surface area contributed by atoms with Gasteiger partial charge in [0.05, 0.1) is 21.3 Å². The minimum atomic E-state index is -0.0935. The van der Waals surface area contributed by atoms with E-state index in [0.29, 0.717) is 40.6 Å². The van der Waals surface area contributed by atoms with E-state index in [4.69, 9.17) is 14.2 Å². The Bertz CT molecular complexity index is 574. The monoisotopic (exact) mass is 349 g/mol. The molecule has 0 radical (unpaired) electrons. The molecule has 1 amide bonds. The Morgan fingerprint density at radius 1 is 1.08 bits per heavy atom. The van der Waals surface area contributed by atoms with E-state index in [9.17, 15) is 4.79 Å². The van der Waals surface area contributed by atoms with Crippen molar-refractivity contribution in [2.75, 3.05) is 21.3 Å². The van der Waals surface area contributed by atoms with Crippen molar-refractivity contribution in [3.05, 3.63) is 17.7 Å². The first-order valence-electron chi connectivity index (χ1n) is 9.02. The van der Waals surface area contributed by atoms with Crippen LogP contribution in [0, 0.1) is 17.8 Å². The highest BCUT2D eigenvalue weighted by Gasteiger charge is 2.32. The fourth-order valence-corrected chi connectivity index (χ4v) is 3.83. The first kappa shape index (κ1) is 19.4. The van der Waals surface area contributed by atoms with Gasteiger partial charge in [0.25, 0.3) is 5.91 Å². The van der Waals surface area contributed by atoms with Gasteiger partial charge in [-0.25, -0.2) is 0 Å². The molecule has 0 bridgehead atoms. The second kappa shape index (κ2) is 8.45. The lowest BCUT2D eigenvalue weighted by Crippen LogP contribution is -2.45. The molecule has 140 valence electrons. The fraction of sp³-hybridized carbons (Fsp3) is 0.650. The quantitative estimate of drug-likeness (QED) is 0.846. The van der Waals surface area contributed by atoms with Crippen molar-refractivity contribution in [1.29, 1.82) is 0 Å². The molecule has 0 spiro atoms. The molecule has 25 heavy (non-hydrogen) atoms. The second-order valence-corrected chi connectivity index (χ2v) is 7.32. The second-order valence-electron chi connectivity index (χ2n) is 7.32. The van der Waals surface area contributed by atoms with E-state index >= 15 is 0 Å². The fourth-order valence-electron chi connectivity index (χ4n) is 3.83. The van der Waals surface area contributed by atoms with Gasteiger partial charge in [-0.05, 0) is 42.7 Å². The van der Waals surface area contributed by atoms with Crippen LogP contribution in [0.2, 0.25) is 0 Å². The van der Waals surface area contributed by atoms with Crippen LogP contribution in [-0.2, 0) is 0 Å². The Labute approximate surface area is 151 Å². The van der Waals surface area contributed by atoms with Crippen molar-refractivity contribution >= 4 is 5.91 Å². The van der Waals surface area contributed by atoms with E-state index in [1.54, 1.807) is 33.5 Å². The van der Waals surface area contributed by atoms with E-state index in [-0.39, 0.29) is 11.9 Å². The van der Waals surface area contributed by atoms with Crippen LogP contribution in [0.3, 0.4) is 0 Å². The average Bonchev–Trinajstić information content (AvgIpc) is 2.59. The van der Waals surface area contributed by atoms with Crippen LogP contribution in [0.15, 0.2) is 12.1 Å². The third-order valence-corrected chi connectivity index (χ3v) is 5.27. The number of methoxy groups -OCH3 is 3. The van der Waals surface area contributed by atoms with Gasteiger partial charge in [0.1, 0.15) is 0 Å². The average molecular weight is 349 g/mol. The highest BCUT2D eigenvalue weighted by Crippen LogP contribution is 2.38. The molecule has 0 heterocycles. The number of rotatable bonds is 6. The molecule has 0 aliphatic heterocycles. The van der Waals surface area contributed by atoms with Crippen LogP contribution in [0.1, 0.15) is 50.4 Å². The smallest absolute Gasteiger partial charge is 0.251 e. The van der Waals surface area contributed by atoms with Gasteiger partial charge in [-0.3, -0.25) is 4.79 Å². The third-order valence-electron chi connectivity index (χ3n) is 5.27. The first-order valence-corrected chi connectivity index (χ1v) is 9.02. The van der Waals surface area contributed by atoms with E-state index in [2.05, 4.69) is 26.1 Å². The van der Waals surface area contributed by atoms with Crippen molar-refractivity contribution < 1.29 is 19.0 Å². The lowest BCUT2D eigenvalue weighted by atomic mass is 9.74. The molecular formula is C20H31NO4. The number of amides is 1. The van der Waals surface area contributed by atoms with Gasteiger partial charge in [0.15, 0.2) is 11.5 Å². The predicted molar refractivity (Wildman–Crippen MR) is 98.7 cm³/mol. The number of carbonyl (C=O) groups is 1. The molecule has 1 aliphatic rings. The van der Waals surface area contributed by atoms with Gasteiger partial charge >= 0.3 is 0 Å². The predicted octanol–water partition coefficient (Wildman–Crippen LogP) is 3.90. The number of nitrogens with one attached hydrogen (secondary N) is 1. The molecule has 0 saturated heterocycles. The van der Waals surface area contributed by atoms with Crippen LogP contribution in [-0.4, -0.2) is 33.3 Å². The molecular weight excluding hydrogens is 318 g/mol. The molecule has 0 aromatic heterocycles. The van der Waals surface area contributed by atoms with Crippen LogP contribution < -0.4 is 19.5 Å². The molecule has 3 atom stereocenters. The van der Waals surface area contributed by atoms with E-state index in [1.807, 2.05) is 0 Å². The zero-order valence-corrected chi connectivity index (χ0v) is 16.2. The van der Waals surface area contributed by atoms with Crippen molar-refractivity contribution in [2.24, 2.45) is 17.8 Å². The minimum Gasteiger partial charge on any atom is -0.493 e. The molecule has 1 fully saturated rings. The molecule has 5 nitrogen and oxygen atoms in total. The molecule has 1 aliphatic carbocycles. The van der Waals surface area contributed by atoms with Gasteiger partial charge in [0, 0.05) is 11.6 Å². The third kappa shape index (κ3) is 4.39. The Kier molecular flexibility index (Phi) is 6.57. The van der Waals surface area contributed by atoms with E-state index in [0.717, 1.165) is 6.42 Å². The summed E-state index contributed by atoms with van der Waals surface area (Å²) in [6.07, 6.45) is 3.43. The maximum Gasteiger partial charge on any atom is 0.251 e. The lowest BCUT2D eigenvalue weighted by Gasteiger charge is -2.37. The summed E-state index contributed by atoms with van der Waals surface area (Å²) in [5.41, 5.74) is 0.523. The summed E-state index contributed by atoms with van der Waals surface area (Å²) in [7, 11) is 4.66. The summed E-state index contributed by atoms with van der Waals surface area (Å²) < 4.78 is 16.0. The van der Waals surface area contributed by atoms with Gasteiger partial charge < -0.3 is 19.5 Å². The summed E-state index contributed by atoms with van der Waals surface area (Å²) in [6, 6.07) is 3.61. The maximum atomic E-state index is 12.9. The molecule has 1 aromatic rings. The van der Waals surface area contributed by atoms with Crippen LogP contribution in [0.5, 0.6) is 17.2 Å². The number of ether oxygens (including phenoxy) is 3. The highest BCUT2D eigenvalue weighted by molar-refractivity contribution is 5.95. The minimum absolute atomic E-state index is 0.0935. The largest absolute Gasteiger partial charge is 0.493 e. The Balaban J connectivity index is 2.24. The van der Waals surface area contributed by atoms with Crippen molar-refractivity contribution in [3.8, 4) is 17.2 Å². The Hall–Kier alpha value is -1.91. The molecule has 5 heteroatoms. The summed E-state index contributed by atoms with van der Waals surface area (Å²) in [4.78, 5) is 12.9. The van der Waals surface area contributed by atoms with Gasteiger partial charge in [-0.2, -0.15) is 0 Å². The number of hydrogen-bond acceptors (Lipinski definition) is 4. The lowest BCUT2D eigenvalue weighted by molar-refractivity contribution is 0.0867. The zero-order chi connectivity index (χ0) is 18.6. The summed E-state index contributed by atoms with van der Waals surface area (Å²) in [5, 5.41) is 3.25. The van der Waals surface area contributed by atoms with Crippen LogP contribution >= 0.6 is 0 Å². The van der Waals surface area contributed by atoms with Gasteiger partial charge in [-0.1, -0.05) is 27.2 Å². The number of benzene rings is 1. The number of carbonyl (C=O) groups excluding carboxylic acids is 1. The number of hydrogen-bond donors (Lipinski definition) is 1. The van der Waals surface area contributed by atoms with E-state index in [1.165, 1.54) is 12.8 Å². The molecule has 0 unspecified atom stereocenters. The SMILES string of the molecule is COc1cc(C(=O)N[C@H]2C[C@H](C)CC[C@H]2C(C)C)cc(OC)c1OC. The van der Waals surface area contributed by atoms with Crippen molar-refractivity contribution in [1.82, 2.24) is 5.32 Å². The van der Waals surface area contributed by atoms with Crippen LogP contribution in [0.4, 0.5) is 0 Å². The Morgan fingerprint density at radius 2 is 1.68 bits per heavy atom. The highest BCUT2D eigenvalue weighted by atomic mass is 16.5. The maximum absolute atomic E-state index is 12.9. The summed E-state index contributed by atoms with van der Waals surface area (Å²) in [5.74, 6) is 3.09. The standard InChI is InChI=1S/C20H31NO4/c1-12(2)15-8-7-13(3)9-16(15)21-20(22)14-10-17(23-4)19(25-6)18(11-14)24-5/h10-13,15-16H,7-9H2,1-6H3,(H,21,22)/t13-,15+,16+/m1/s1. The van der Waals surface area contributed by atoms with Gasteiger partial charge in [-0.15, -0.1) is 0 Å². The molecule has 1 N–H and O–H groups in total. The molecule has 1 aromatic carbocycles. The zero-order valence-electron chi connectivity index (χ0n) is 16.2. The van der Waals surface area contributed by atoms with E-state index < -0.39 is 0 Å². The van der Waals surface area contributed by atoms with Gasteiger partial charge in [0.2, 0.25) is 5.75 Å². The normalized spacial score (nSPS) is 23.2. The Morgan fingerprint density at radius 3 is 2.16 bits per heavy atom. The molecule has 2 rings (SSSR count). The summed E-state index contributed by atoms with van der Waals surface area (Å²) >= 11 is 0.